The van der Waals surface area contributed by atoms with Crippen LogP contribution in [0.1, 0.15) is 39.5 Å². The maximum Gasteiger partial charge on any atom is 0.269 e. The zero-order valence-electron chi connectivity index (χ0n) is 12.2. The topological polar surface area (TPSA) is 52.4 Å². The van der Waals surface area contributed by atoms with Crippen LogP contribution in [0.4, 0.5) is 5.69 Å². The normalized spacial score (nSPS) is 10.8. The van der Waals surface area contributed by atoms with Crippen LogP contribution >= 0.6 is 11.8 Å². The molecule has 0 N–H and O–H groups in total. The molecule has 0 spiro atoms. The summed E-state index contributed by atoms with van der Waals surface area (Å²) in [5.41, 5.74) is 0.0972. The largest absolute Gasteiger partial charge is 0.494 e. The van der Waals surface area contributed by atoms with Gasteiger partial charge in [0.15, 0.2) is 0 Å². The Morgan fingerprint density at radius 1 is 1.15 bits per heavy atom. The zero-order chi connectivity index (χ0) is 14.8. The van der Waals surface area contributed by atoms with Gasteiger partial charge in [0.2, 0.25) is 0 Å². The standard InChI is InChI=1S/C15H23NO3S/c1-13(2)20-12-6-4-3-5-11-19-15-9-7-14(8-10-15)16(17)18/h7-10,13H,3-6,11-12H2,1-2H3. The van der Waals surface area contributed by atoms with Gasteiger partial charge >= 0.3 is 0 Å². The van der Waals surface area contributed by atoms with Crippen LogP contribution in [0.2, 0.25) is 0 Å². The van der Waals surface area contributed by atoms with Crippen LogP contribution in [0.15, 0.2) is 24.3 Å². The summed E-state index contributed by atoms with van der Waals surface area (Å²) in [5.74, 6) is 1.94. The first-order valence-corrected chi connectivity index (χ1v) is 8.13. The second-order valence-electron chi connectivity index (χ2n) is 4.93. The molecule has 112 valence electrons. The van der Waals surface area contributed by atoms with E-state index in [9.17, 15) is 10.1 Å². The third-order valence-electron chi connectivity index (χ3n) is 2.81. The van der Waals surface area contributed by atoms with Gasteiger partial charge in [-0.3, -0.25) is 10.1 Å². The van der Waals surface area contributed by atoms with E-state index < -0.39 is 4.92 Å². The number of benzene rings is 1. The number of unbranched alkanes of at least 4 members (excludes halogenated alkanes) is 3. The van der Waals surface area contributed by atoms with Gasteiger partial charge in [0, 0.05) is 12.1 Å². The smallest absolute Gasteiger partial charge is 0.269 e. The predicted molar refractivity (Wildman–Crippen MR) is 84.7 cm³/mol. The van der Waals surface area contributed by atoms with Gasteiger partial charge in [0.05, 0.1) is 11.5 Å². The van der Waals surface area contributed by atoms with Gasteiger partial charge in [0.1, 0.15) is 5.75 Å². The highest BCUT2D eigenvalue weighted by Crippen LogP contribution is 2.18. The van der Waals surface area contributed by atoms with Crippen LogP contribution in [0, 0.1) is 10.1 Å². The van der Waals surface area contributed by atoms with Crippen LogP contribution in [0.5, 0.6) is 5.75 Å². The van der Waals surface area contributed by atoms with Crippen molar-refractivity contribution in [2.75, 3.05) is 12.4 Å². The van der Waals surface area contributed by atoms with Crippen molar-refractivity contribution in [1.29, 1.82) is 0 Å². The Hall–Kier alpha value is -1.23. The fraction of sp³-hybridized carbons (Fsp3) is 0.600. The molecule has 0 amide bonds. The molecule has 20 heavy (non-hydrogen) atoms. The Morgan fingerprint density at radius 2 is 1.80 bits per heavy atom. The average Bonchev–Trinajstić information content (AvgIpc) is 2.42. The Morgan fingerprint density at radius 3 is 2.40 bits per heavy atom. The van der Waals surface area contributed by atoms with Gasteiger partial charge in [-0.25, -0.2) is 0 Å². The summed E-state index contributed by atoms with van der Waals surface area (Å²) in [7, 11) is 0. The Balaban J connectivity index is 2.05. The predicted octanol–water partition coefficient (Wildman–Crippen LogP) is 4.68. The van der Waals surface area contributed by atoms with E-state index in [1.165, 1.54) is 37.1 Å². The highest BCUT2D eigenvalue weighted by atomic mass is 32.2. The minimum Gasteiger partial charge on any atom is -0.494 e. The van der Waals surface area contributed by atoms with Crippen LogP contribution in [0.3, 0.4) is 0 Å². The molecule has 1 rings (SSSR count). The van der Waals surface area contributed by atoms with Gasteiger partial charge in [-0.1, -0.05) is 26.7 Å². The summed E-state index contributed by atoms with van der Waals surface area (Å²) in [6, 6.07) is 6.24. The maximum atomic E-state index is 10.5. The molecular formula is C15H23NO3S. The Bertz CT molecular complexity index is 393. The van der Waals surface area contributed by atoms with Gasteiger partial charge in [-0.2, -0.15) is 11.8 Å². The summed E-state index contributed by atoms with van der Waals surface area (Å²) in [6.45, 7) is 5.13. The number of nitro benzene ring substituents is 1. The summed E-state index contributed by atoms with van der Waals surface area (Å²) in [4.78, 5) is 10.1. The van der Waals surface area contributed by atoms with E-state index in [-0.39, 0.29) is 5.69 Å². The van der Waals surface area contributed by atoms with Gasteiger partial charge < -0.3 is 4.74 Å². The SMILES string of the molecule is CC(C)SCCCCCCOc1ccc([N+](=O)[O-])cc1. The molecule has 1 aromatic rings. The quantitative estimate of drug-likeness (QED) is 0.357. The molecule has 0 atom stereocenters. The van der Waals surface area contributed by atoms with Crippen molar-refractivity contribution in [3.63, 3.8) is 0 Å². The molecule has 0 saturated carbocycles. The number of nitro groups is 1. The molecule has 0 aromatic heterocycles. The highest BCUT2D eigenvalue weighted by molar-refractivity contribution is 7.99. The first-order valence-electron chi connectivity index (χ1n) is 7.08. The van der Waals surface area contributed by atoms with E-state index >= 15 is 0 Å². The molecule has 0 bridgehead atoms. The molecule has 0 heterocycles. The minimum atomic E-state index is -0.404. The molecule has 4 nitrogen and oxygen atoms in total. The molecule has 5 heteroatoms. The van der Waals surface area contributed by atoms with E-state index in [0.29, 0.717) is 12.4 Å². The van der Waals surface area contributed by atoms with Gasteiger partial charge in [-0.15, -0.1) is 0 Å². The average molecular weight is 297 g/mol. The highest BCUT2D eigenvalue weighted by Gasteiger charge is 2.04. The van der Waals surface area contributed by atoms with Crippen molar-refractivity contribution < 1.29 is 9.66 Å². The summed E-state index contributed by atoms with van der Waals surface area (Å²) < 4.78 is 5.56. The Kier molecular flexibility index (Phi) is 8.11. The van der Waals surface area contributed by atoms with Crippen molar-refractivity contribution in [2.45, 2.75) is 44.8 Å². The van der Waals surface area contributed by atoms with Crippen molar-refractivity contribution >= 4 is 17.4 Å². The van der Waals surface area contributed by atoms with Crippen LogP contribution < -0.4 is 4.74 Å². The molecule has 0 unspecified atom stereocenters. The monoisotopic (exact) mass is 297 g/mol. The zero-order valence-corrected chi connectivity index (χ0v) is 13.0. The van der Waals surface area contributed by atoms with Crippen LogP contribution in [0.25, 0.3) is 0 Å². The second kappa shape index (κ2) is 9.64. The van der Waals surface area contributed by atoms with E-state index in [2.05, 4.69) is 13.8 Å². The van der Waals surface area contributed by atoms with Gasteiger partial charge in [-0.05, 0) is 36.0 Å². The summed E-state index contributed by atoms with van der Waals surface area (Å²) in [6.07, 6.45) is 4.71. The van der Waals surface area contributed by atoms with E-state index in [1.807, 2.05) is 11.8 Å². The number of thioether (sulfide) groups is 1. The fourth-order valence-electron chi connectivity index (χ4n) is 1.73. The summed E-state index contributed by atoms with van der Waals surface area (Å²) >= 11 is 2.01. The van der Waals surface area contributed by atoms with Crippen molar-refractivity contribution in [2.24, 2.45) is 0 Å². The lowest BCUT2D eigenvalue weighted by atomic mass is 10.2. The van der Waals surface area contributed by atoms with Crippen molar-refractivity contribution in [3.8, 4) is 5.75 Å². The lowest BCUT2D eigenvalue weighted by Gasteiger charge is -2.06. The first-order chi connectivity index (χ1) is 9.59. The molecular weight excluding hydrogens is 274 g/mol. The van der Waals surface area contributed by atoms with Crippen LogP contribution in [-0.4, -0.2) is 22.5 Å². The number of nitrogens with zero attached hydrogens (tertiary/aromatic N) is 1. The van der Waals surface area contributed by atoms with E-state index in [0.717, 1.165) is 11.7 Å². The molecule has 0 aliphatic carbocycles. The summed E-state index contributed by atoms with van der Waals surface area (Å²) in [5, 5.41) is 11.2. The molecule has 0 radical (unpaired) electrons. The van der Waals surface area contributed by atoms with Gasteiger partial charge in [0.25, 0.3) is 5.69 Å². The van der Waals surface area contributed by atoms with Crippen molar-refractivity contribution in [3.05, 3.63) is 34.4 Å². The maximum absolute atomic E-state index is 10.5. The second-order valence-corrected chi connectivity index (χ2v) is 6.62. The van der Waals surface area contributed by atoms with E-state index in [1.54, 1.807) is 12.1 Å². The Labute approximate surface area is 125 Å². The molecule has 0 aliphatic rings. The minimum absolute atomic E-state index is 0.0972. The first kappa shape index (κ1) is 16.8. The molecule has 0 aliphatic heterocycles. The molecule has 1 aromatic carbocycles. The fourth-order valence-corrected chi connectivity index (χ4v) is 2.57. The number of non-ortho nitro benzene ring substituents is 1. The lowest BCUT2D eigenvalue weighted by molar-refractivity contribution is -0.384. The van der Waals surface area contributed by atoms with E-state index in [4.69, 9.17) is 4.74 Å². The van der Waals surface area contributed by atoms with Crippen LogP contribution in [-0.2, 0) is 0 Å². The lowest BCUT2D eigenvalue weighted by Crippen LogP contribution is -1.98. The number of ether oxygens (including phenoxy) is 1. The number of hydrogen-bond acceptors (Lipinski definition) is 4. The molecule has 0 saturated heterocycles. The third-order valence-corrected chi connectivity index (χ3v) is 4.00. The number of rotatable bonds is 10. The third kappa shape index (κ3) is 7.38. The van der Waals surface area contributed by atoms with Crippen molar-refractivity contribution in [1.82, 2.24) is 0 Å². The molecule has 0 fully saturated rings. The number of hydrogen-bond donors (Lipinski definition) is 0.